The maximum absolute atomic E-state index is 13.1. The molecule has 0 spiro atoms. The highest BCUT2D eigenvalue weighted by Gasteiger charge is 2.17. The maximum atomic E-state index is 13.1. The fourth-order valence-corrected chi connectivity index (χ4v) is 4.63. The Bertz CT molecular complexity index is 1470. The zero-order chi connectivity index (χ0) is 25.5. The highest BCUT2D eigenvalue weighted by atomic mass is 32.1. The van der Waals surface area contributed by atoms with Crippen molar-refractivity contribution < 1.29 is 14.3 Å². The number of amides is 1. The summed E-state index contributed by atoms with van der Waals surface area (Å²) in [4.78, 5) is 50.8. The van der Waals surface area contributed by atoms with E-state index in [0.717, 1.165) is 21.3 Å². The Morgan fingerprint density at radius 1 is 0.944 bits per heavy atom. The van der Waals surface area contributed by atoms with Crippen LogP contribution in [0.3, 0.4) is 0 Å². The van der Waals surface area contributed by atoms with Crippen LogP contribution in [-0.2, 0) is 40.6 Å². The fraction of sp³-hybridized carbons (Fsp3) is 0.259. The Hall–Kier alpha value is -3.98. The Balaban J connectivity index is 1.40. The van der Waals surface area contributed by atoms with Crippen molar-refractivity contribution in [3.63, 3.8) is 0 Å². The summed E-state index contributed by atoms with van der Waals surface area (Å²) in [6, 6.07) is 18.8. The smallest absolute Gasteiger partial charge is 0.332 e. The molecule has 2 heterocycles. The second-order valence-corrected chi connectivity index (χ2v) is 9.39. The van der Waals surface area contributed by atoms with Gasteiger partial charge in [-0.15, -0.1) is 11.3 Å². The molecule has 8 nitrogen and oxygen atoms in total. The van der Waals surface area contributed by atoms with Gasteiger partial charge in [-0.3, -0.25) is 23.5 Å². The molecule has 0 unspecified atom stereocenters. The van der Waals surface area contributed by atoms with Gasteiger partial charge in [0.1, 0.15) is 17.9 Å². The first kappa shape index (κ1) is 25.1. The van der Waals surface area contributed by atoms with Gasteiger partial charge in [0.25, 0.3) is 5.56 Å². The van der Waals surface area contributed by atoms with Gasteiger partial charge >= 0.3 is 11.7 Å². The largest absolute Gasteiger partial charge is 0.459 e. The minimum Gasteiger partial charge on any atom is -0.459 e. The molecule has 0 fully saturated rings. The average Bonchev–Trinajstić information content (AvgIpc) is 3.38. The first-order valence-corrected chi connectivity index (χ1v) is 12.5. The highest BCUT2D eigenvalue weighted by molar-refractivity contribution is 7.17. The quantitative estimate of drug-likeness (QED) is 0.333. The van der Waals surface area contributed by atoms with Gasteiger partial charge in [-0.1, -0.05) is 60.2 Å². The molecule has 4 aromatic rings. The van der Waals surface area contributed by atoms with Crippen LogP contribution in [0.4, 0.5) is 0 Å². The number of hydrogen-bond acceptors (Lipinski definition) is 6. The van der Waals surface area contributed by atoms with Crippen LogP contribution in [0.25, 0.3) is 10.2 Å². The molecule has 36 heavy (non-hydrogen) atoms. The molecule has 2 aromatic carbocycles. The molecule has 1 N–H and O–H groups in total. The Morgan fingerprint density at radius 2 is 1.69 bits per heavy atom. The predicted molar refractivity (Wildman–Crippen MR) is 139 cm³/mol. The third-order valence-corrected chi connectivity index (χ3v) is 6.65. The van der Waals surface area contributed by atoms with Gasteiger partial charge in [0.15, 0.2) is 0 Å². The lowest BCUT2D eigenvalue weighted by Crippen LogP contribution is -2.41. The van der Waals surface area contributed by atoms with E-state index in [-0.39, 0.29) is 32.0 Å². The van der Waals surface area contributed by atoms with Gasteiger partial charge in [-0.25, -0.2) is 4.79 Å². The number of thiophene rings is 1. The third kappa shape index (κ3) is 6.17. The number of carbonyl (C=O) groups excluding carboxylic acids is 2. The summed E-state index contributed by atoms with van der Waals surface area (Å²) in [7, 11) is 0. The molecular formula is C27H27N3O5S. The third-order valence-electron chi connectivity index (χ3n) is 5.76. The van der Waals surface area contributed by atoms with Gasteiger partial charge in [-0.05, 0) is 35.9 Å². The van der Waals surface area contributed by atoms with E-state index in [9.17, 15) is 19.2 Å². The number of hydrogen-bond donors (Lipinski definition) is 1. The average molecular weight is 506 g/mol. The van der Waals surface area contributed by atoms with E-state index in [4.69, 9.17) is 4.74 Å². The molecule has 2 aromatic heterocycles. The Labute approximate surface area is 211 Å². The molecular weight excluding hydrogens is 478 g/mol. The molecule has 9 heteroatoms. The second-order valence-electron chi connectivity index (χ2n) is 8.47. The number of fused-ring (bicyclic) bond motifs is 1. The van der Waals surface area contributed by atoms with E-state index in [2.05, 4.69) is 5.32 Å². The summed E-state index contributed by atoms with van der Waals surface area (Å²) in [5.74, 6) is -0.736. The van der Waals surface area contributed by atoms with Crippen LogP contribution in [0, 0.1) is 6.92 Å². The van der Waals surface area contributed by atoms with Crippen molar-refractivity contribution in [2.45, 2.75) is 46.0 Å². The van der Waals surface area contributed by atoms with Gasteiger partial charge < -0.3 is 10.1 Å². The SMILES string of the molecule is Cc1ccc(CNC(=O)CCCn2c(=O)c3sccc3n(CC(=O)OCc3ccccc3)c2=O)cc1. The zero-order valence-electron chi connectivity index (χ0n) is 19.9. The lowest BCUT2D eigenvalue weighted by atomic mass is 10.1. The van der Waals surface area contributed by atoms with E-state index in [1.54, 1.807) is 11.4 Å². The zero-order valence-corrected chi connectivity index (χ0v) is 20.8. The normalized spacial score (nSPS) is 10.9. The van der Waals surface area contributed by atoms with Crippen LogP contribution >= 0.6 is 11.3 Å². The number of aromatic nitrogens is 2. The first-order chi connectivity index (χ1) is 17.4. The van der Waals surface area contributed by atoms with Crippen LogP contribution in [0.1, 0.15) is 29.5 Å². The van der Waals surface area contributed by atoms with Gasteiger partial charge in [-0.2, -0.15) is 0 Å². The lowest BCUT2D eigenvalue weighted by molar-refractivity contribution is -0.145. The van der Waals surface area contributed by atoms with Crippen LogP contribution in [0.15, 0.2) is 75.6 Å². The van der Waals surface area contributed by atoms with E-state index in [0.29, 0.717) is 23.2 Å². The van der Waals surface area contributed by atoms with Crippen molar-refractivity contribution in [3.8, 4) is 0 Å². The first-order valence-electron chi connectivity index (χ1n) is 11.6. The van der Waals surface area contributed by atoms with Crippen LogP contribution in [0.2, 0.25) is 0 Å². The summed E-state index contributed by atoms with van der Waals surface area (Å²) >= 11 is 1.21. The molecule has 0 aliphatic heterocycles. The Kier molecular flexibility index (Phi) is 8.12. The standard InChI is InChI=1S/C27H27N3O5S/c1-19-9-11-20(12-10-19)16-28-23(31)8-5-14-29-26(33)25-22(13-15-36-25)30(27(29)34)17-24(32)35-18-21-6-3-2-4-7-21/h2-4,6-7,9-13,15H,5,8,14,16-18H2,1H3,(H,28,31). The molecule has 0 aliphatic rings. The van der Waals surface area contributed by atoms with Crippen molar-refractivity contribution in [2.75, 3.05) is 0 Å². The van der Waals surface area contributed by atoms with E-state index in [1.807, 2.05) is 61.5 Å². The van der Waals surface area contributed by atoms with Crippen molar-refractivity contribution >= 4 is 33.4 Å². The molecule has 186 valence electrons. The summed E-state index contributed by atoms with van der Waals surface area (Å²) in [5.41, 5.74) is 2.37. The summed E-state index contributed by atoms with van der Waals surface area (Å²) in [6.07, 6.45) is 0.476. The van der Waals surface area contributed by atoms with Crippen molar-refractivity contribution in [1.29, 1.82) is 0 Å². The molecule has 0 radical (unpaired) electrons. The van der Waals surface area contributed by atoms with Crippen LogP contribution in [0.5, 0.6) is 0 Å². The minimum atomic E-state index is -0.595. The number of rotatable bonds is 10. The minimum absolute atomic E-state index is 0.0719. The van der Waals surface area contributed by atoms with Gasteiger partial charge in [0, 0.05) is 19.5 Å². The van der Waals surface area contributed by atoms with Crippen LogP contribution in [-0.4, -0.2) is 21.0 Å². The number of nitrogens with zero attached hydrogens (tertiary/aromatic N) is 2. The molecule has 0 aliphatic carbocycles. The number of benzene rings is 2. The number of ether oxygens (including phenoxy) is 1. The highest BCUT2D eigenvalue weighted by Crippen LogP contribution is 2.15. The molecule has 1 amide bonds. The topological polar surface area (TPSA) is 99.4 Å². The number of aryl methyl sites for hydroxylation is 1. The van der Waals surface area contributed by atoms with Crippen LogP contribution < -0.4 is 16.6 Å². The van der Waals surface area contributed by atoms with Crippen molar-refractivity contribution in [2.24, 2.45) is 0 Å². The summed E-state index contributed by atoms with van der Waals surface area (Å²) in [5, 5.41) is 4.56. The maximum Gasteiger partial charge on any atom is 0.332 e. The van der Waals surface area contributed by atoms with Crippen molar-refractivity contribution in [1.82, 2.24) is 14.5 Å². The molecule has 0 bridgehead atoms. The fourth-order valence-electron chi connectivity index (χ4n) is 3.79. The number of esters is 1. The lowest BCUT2D eigenvalue weighted by Gasteiger charge is -2.12. The summed E-state index contributed by atoms with van der Waals surface area (Å²) < 4.78 is 8.07. The second kappa shape index (κ2) is 11.6. The number of nitrogens with one attached hydrogen (secondary N) is 1. The van der Waals surface area contributed by atoms with Crippen molar-refractivity contribution in [3.05, 3.63) is 104 Å². The Morgan fingerprint density at radius 3 is 2.44 bits per heavy atom. The summed E-state index contributed by atoms with van der Waals surface area (Å²) in [6.45, 7) is 2.27. The molecule has 0 saturated heterocycles. The van der Waals surface area contributed by atoms with E-state index in [1.165, 1.54) is 15.9 Å². The van der Waals surface area contributed by atoms with E-state index < -0.39 is 17.2 Å². The predicted octanol–water partition coefficient (Wildman–Crippen LogP) is 3.37. The molecule has 4 rings (SSSR count). The van der Waals surface area contributed by atoms with Gasteiger partial charge in [0.05, 0.1) is 5.52 Å². The monoisotopic (exact) mass is 505 g/mol. The molecule has 0 atom stereocenters. The number of carbonyl (C=O) groups is 2. The molecule has 0 saturated carbocycles. The van der Waals surface area contributed by atoms with Gasteiger partial charge in [0.2, 0.25) is 5.91 Å². The van der Waals surface area contributed by atoms with E-state index >= 15 is 0 Å².